The van der Waals surface area contributed by atoms with Crippen LogP contribution < -0.4 is 15.9 Å². The van der Waals surface area contributed by atoms with Gasteiger partial charge in [-0.05, 0) is 0 Å². The van der Waals surface area contributed by atoms with Crippen molar-refractivity contribution in [3.05, 3.63) is 89.5 Å². The molecule has 148 valence electrons. The van der Waals surface area contributed by atoms with Crippen molar-refractivity contribution in [3.8, 4) is 0 Å². The van der Waals surface area contributed by atoms with Crippen LogP contribution in [0.15, 0.2) is 72.8 Å². The van der Waals surface area contributed by atoms with Crippen LogP contribution in [0.25, 0.3) is 0 Å². The Balaban J connectivity index is 2.23. The van der Waals surface area contributed by atoms with Crippen molar-refractivity contribution >= 4 is 23.2 Å². The molecule has 0 aromatic heterocycles. The second-order valence-electron chi connectivity index (χ2n) is 7.53. The third-order valence-corrected chi connectivity index (χ3v) is 11.0. The van der Waals surface area contributed by atoms with Crippen molar-refractivity contribution in [2.24, 2.45) is 0 Å². The fraction of sp³-hybridized carbons (Fsp3) is 0.308. The predicted molar refractivity (Wildman–Crippen MR) is 127 cm³/mol. The van der Waals surface area contributed by atoms with Gasteiger partial charge >= 0.3 is 171 Å². The summed E-state index contributed by atoms with van der Waals surface area (Å²) in [5.74, 6) is 0. The first-order chi connectivity index (χ1) is 13.7. The van der Waals surface area contributed by atoms with E-state index in [4.69, 9.17) is 0 Å². The maximum atomic E-state index is 10.1. The molecule has 1 nitrogen and oxygen atoms in total. The van der Waals surface area contributed by atoms with Gasteiger partial charge in [0.05, 0.1) is 0 Å². The van der Waals surface area contributed by atoms with E-state index in [0.29, 0.717) is 0 Å². The Bertz CT molecular complexity index is 748. The summed E-state index contributed by atoms with van der Waals surface area (Å²) in [6.45, 7) is 6.79. The Morgan fingerprint density at radius 2 is 0.821 bits per heavy atom. The van der Waals surface area contributed by atoms with Gasteiger partial charge in [-0.2, -0.15) is 0 Å². The van der Waals surface area contributed by atoms with Crippen LogP contribution in [0, 0.1) is 0 Å². The Morgan fingerprint density at radius 3 is 1.04 bits per heavy atom. The average molecular weight is 393 g/mol. The minimum atomic E-state index is -2.28. The topological polar surface area (TPSA) is 20.2 Å². The summed E-state index contributed by atoms with van der Waals surface area (Å²) in [6.07, 6.45) is 3.94. The molecule has 0 heterocycles. The van der Waals surface area contributed by atoms with Gasteiger partial charge in [0.1, 0.15) is 0 Å². The molecule has 0 bridgehead atoms. The zero-order valence-corrected chi connectivity index (χ0v) is 18.4. The molecule has 0 atom stereocenters. The summed E-state index contributed by atoms with van der Waals surface area (Å²) in [5.41, 5.74) is 4.08. The number of aryl methyl sites for hydroxylation is 3. The van der Waals surface area contributed by atoms with Crippen LogP contribution in [0.5, 0.6) is 0 Å². The zero-order chi connectivity index (χ0) is 20.0. The van der Waals surface area contributed by atoms with Crippen LogP contribution in [-0.2, 0) is 19.3 Å². The van der Waals surface area contributed by atoms with Crippen LogP contribution in [-0.4, -0.2) is 17.9 Å². The normalized spacial score (nSPS) is 12.1. The van der Waals surface area contributed by atoms with Gasteiger partial charge in [-0.15, -0.1) is 0 Å². The van der Waals surface area contributed by atoms with Gasteiger partial charge in [-0.3, -0.25) is 0 Å². The molecular weight excluding hydrogens is 359 g/mol. The van der Waals surface area contributed by atoms with Gasteiger partial charge in [0.25, 0.3) is 0 Å². The van der Waals surface area contributed by atoms with Crippen LogP contribution in [0.4, 0.5) is 0 Å². The average Bonchev–Trinajstić information content (AvgIpc) is 2.78. The molecule has 3 aromatic rings. The van der Waals surface area contributed by atoms with Crippen molar-refractivity contribution in [3.63, 3.8) is 0 Å². The third kappa shape index (κ3) is 4.07. The van der Waals surface area contributed by atoms with E-state index >= 15 is 0 Å². The first-order valence-electron chi connectivity index (χ1n) is 10.6. The van der Waals surface area contributed by atoms with Crippen molar-refractivity contribution in [2.45, 2.75) is 40.0 Å². The van der Waals surface area contributed by atoms with Gasteiger partial charge < -0.3 is 0 Å². The zero-order valence-electron chi connectivity index (χ0n) is 17.4. The Morgan fingerprint density at radius 1 is 0.536 bits per heavy atom. The molecule has 3 rings (SSSR count). The molecule has 28 heavy (non-hydrogen) atoms. The molecule has 0 spiro atoms. The molecule has 0 saturated carbocycles. The summed E-state index contributed by atoms with van der Waals surface area (Å²) in [5, 5.41) is 14.3. The third-order valence-electron chi connectivity index (χ3n) is 6.05. The Kier molecular flexibility index (Phi) is 7.05. The second-order valence-corrected chi connectivity index (χ2v) is 11.6. The van der Waals surface area contributed by atoms with Crippen molar-refractivity contribution in [1.82, 2.24) is 0 Å². The van der Waals surface area contributed by atoms with E-state index in [1.165, 1.54) is 32.6 Å². The van der Waals surface area contributed by atoms with Crippen LogP contribution in [0.3, 0.4) is 0 Å². The first kappa shape index (κ1) is 20.8. The number of hydrogen-bond acceptors (Lipinski definition) is 1. The first-order valence-corrected chi connectivity index (χ1v) is 12.8. The van der Waals surface area contributed by atoms with E-state index in [-0.39, 0.29) is 6.61 Å². The number of aliphatic hydroxyl groups is 1. The molecule has 0 radical (unpaired) electrons. The fourth-order valence-corrected chi connectivity index (χ4v) is 8.58. The van der Waals surface area contributed by atoms with E-state index in [1.807, 2.05) is 0 Å². The molecule has 0 aliphatic rings. The van der Waals surface area contributed by atoms with Crippen LogP contribution >= 0.6 is 7.26 Å². The molecule has 0 saturated heterocycles. The number of benzene rings is 3. The second kappa shape index (κ2) is 9.50. The molecular formula is C26H33OP. The molecule has 0 amide bonds. The Hall–Kier alpha value is -1.95. The monoisotopic (exact) mass is 392 g/mol. The van der Waals surface area contributed by atoms with Crippen LogP contribution in [0.1, 0.15) is 37.5 Å². The van der Waals surface area contributed by atoms with Gasteiger partial charge in [-0.1, -0.05) is 0 Å². The summed E-state index contributed by atoms with van der Waals surface area (Å²) in [7, 11) is -2.28. The van der Waals surface area contributed by atoms with E-state index in [0.717, 1.165) is 25.4 Å². The molecule has 0 aliphatic heterocycles. The van der Waals surface area contributed by atoms with Gasteiger partial charge in [-0.25, -0.2) is 0 Å². The molecule has 0 fully saturated rings. The van der Waals surface area contributed by atoms with Crippen molar-refractivity contribution in [1.29, 1.82) is 0 Å². The van der Waals surface area contributed by atoms with Gasteiger partial charge in [0.2, 0.25) is 0 Å². The number of aliphatic hydroxyl groups excluding tert-OH is 1. The molecule has 3 aromatic carbocycles. The minimum absolute atomic E-state index is 0.201. The SMILES string of the molecule is CCc1ccc([PH](CCO)(c2ccc(CC)cc2)c2ccc(CC)cc2)cc1. The maximum absolute atomic E-state index is 10.1. The molecule has 0 unspecified atom stereocenters. The van der Waals surface area contributed by atoms with E-state index in [1.54, 1.807) is 0 Å². The molecule has 1 N–H and O–H groups in total. The predicted octanol–water partition coefficient (Wildman–Crippen LogP) is 4.39. The van der Waals surface area contributed by atoms with Crippen molar-refractivity contribution in [2.75, 3.05) is 12.8 Å². The summed E-state index contributed by atoms with van der Waals surface area (Å²) < 4.78 is 0. The summed E-state index contributed by atoms with van der Waals surface area (Å²) in [6, 6.07) is 27.4. The van der Waals surface area contributed by atoms with E-state index in [2.05, 4.69) is 93.6 Å². The quantitative estimate of drug-likeness (QED) is 0.564. The van der Waals surface area contributed by atoms with E-state index < -0.39 is 7.26 Å². The Labute approximate surface area is 170 Å². The van der Waals surface area contributed by atoms with Gasteiger partial charge in [0, 0.05) is 0 Å². The number of hydrogen-bond donors (Lipinski definition) is 1. The number of rotatable bonds is 8. The van der Waals surface area contributed by atoms with Crippen molar-refractivity contribution < 1.29 is 5.11 Å². The fourth-order valence-electron chi connectivity index (χ4n) is 4.18. The molecule has 2 heteroatoms. The van der Waals surface area contributed by atoms with Gasteiger partial charge in [0.15, 0.2) is 0 Å². The standard InChI is InChI=1S/C26H33OP/c1-4-21-7-13-24(14-8-21)28(20-19-27,25-15-9-22(5-2)10-16-25)26-17-11-23(6-3)12-18-26/h7-18,27-28H,4-6,19-20H2,1-3H3. The van der Waals surface area contributed by atoms with E-state index in [9.17, 15) is 5.11 Å². The van der Waals surface area contributed by atoms with Crippen LogP contribution in [0.2, 0.25) is 0 Å². The summed E-state index contributed by atoms with van der Waals surface area (Å²) in [4.78, 5) is 0. The summed E-state index contributed by atoms with van der Waals surface area (Å²) >= 11 is 0. The molecule has 0 aliphatic carbocycles.